The Bertz CT molecular complexity index is 633. The van der Waals surface area contributed by atoms with Crippen molar-refractivity contribution in [2.75, 3.05) is 0 Å². The van der Waals surface area contributed by atoms with Gasteiger partial charge in [0, 0.05) is 17.6 Å². The van der Waals surface area contributed by atoms with Crippen molar-refractivity contribution >= 4 is 17.2 Å². The van der Waals surface area contributed by atoms with E-state index in [4.69, 9.17) is 0 Å². The van der Waals surface area contributed by atoms with Crippen LogP contribution in [0.15, 0.2) is 34.6 Å². The number of aromatic nitrogens is 2. The molecule has 5 nitrogen and oxygen atoms in total. The fourth-order valence-corrected chi connectivity index (χ4v) is 2.39. The van der Waals surface area contributed by atoms with E-state index in [1.165, 1.54) is 10.6 Å². The second-order valence-corrected chi connectivity index (χ2v) is 5.31. The third-order valence-electron chi connectivity index (χ3n) is 2.67. The first-order valence-corrected chi connectivity index (χ1v) is 6.81. The van der Waals surface area contributed by atoms with Crippen molar-refractivity contribution in [3.8, 4) is 0 Å². The Morgan fingerprint density at radius 3 is 2.95 bits per heavy atom. The molecule has 0 bridgehead atoms. The first-order valence-electron chi connectivity index (χ1n) is 5.93. The number of pyridine rings is 1. The molecule has 1 N–H and O–H groups in total. The summed E-state index contributed by atoms with van der Waals surface area (Å²) in [7, 11) is 0. The highest BCUT2D eigenvalue weighted by molar-refractivity contribution is 7.09. The lowest BCUT2D eigenvalue weighted by Gasteiger charge is -2.12. The fourth-order valence-electron chi connectivity index (χ4n) is 1.69. The summed E-state index contributed by atoms with van der Waals surface area (Å²) in [6, 6.07) is 4.65. The van der Waals surface area contributed by atoms with Crippen molar-refractivity contribution in [1.82, 2.24) is 14.9 Å². The van der Waals surface area contributed by atoms with Gasteiger partial charge in [0.05, 0.1) is 16.7 Å². The minimum atomic E-state index is -0.202. The maximum Gasteiger partial charge on any atom is 0.250 e. The third-order valence-corrected chi connectivity index (χ3v) is 3.46. The number of aryl methyl sites for hydroxylation is 1. The van der Waals surface area contributed by atoms with Crippen LogP contribution in [0.25, 0.3) is 0 Å². The second kappa shape index (κ2) is 5.79. The Morgan fingerprint density at radius 1 is 1.53 bits per heavy atom. The molecule has 0 aliphatic heterocycles. The van der Waals surface area contributed by atoms with E-state index in [-0.39, 0.29) is 24.1 Å². The molecule has 0 spiro atoms. The van der Waals surface area contributed by atoms with Gasteiger partial charge in [-0.2, -0.15) is 0 Å². The lowest BCUT2D eigenvalue weighted by Crippen LogP contribution is -2.33. The molecule has 2 aromatic heterocycles. The number of hydrogen-bond donors (Lipinski definition) is 1. The Balaban J connectivity index is 1.98. The minimum absolute atomic E-state index is 0.0210. The number of hydrogen-bond acceptors (Lipinski definition) is 4. The average Bonchev–Trinajstić information content (AvgIpc) is 2.79. The monoisotopic (exact) mass is 277 g/mol. The molecule has 2 heterocycles. The van der Waals surface area contributed by atoms with Gasteiger partial charge >= 0.3 is 0 Å². The SMILES string of the molecule is Cc1nc([C@H](C)NC(=O)Cn2ccccc2=O)cs1. The van der Waals surface area contributed by atoms with E-state index in [0.29, 0.717) is 0 Å². The van der Waals surface area contributed by atoms with Gasteiger partial charge in [0.25, 0.3) is 5.56 Å². The van der Waals surface area contributed by atoms with Gasteiger partial charge in [-0.05, 0) is 19.9 Å². The van der Waals surface area contributed by atoms with E-state index >= 15 is 0 Å². The van der Waals surface area contributed by atoms with Gasteiger partial charge in [0.1, 0.15) is 6.54 Å². The van der Waals surface area contributed by atoms with Gasteiger partial charge in [-0.15, -0.1) is 11.3 Å². The van der Waals surface area contributed by atoms with Gasteiger partial charge in [-0.3, -0.25) is 9.59 Å². The van der Waals surface area contributed by atoms with Crippen LogP contribution in [-0.4, -0.2) is 15.5 Å². The predicted molar refractivity (Wildman–Crippen MR) is 74.1 cm³/mol. The molecule has 0 unspecified atom stereocenters. The lowest BCUT2D eigenvalue weighted by atomic mass is 10.2. The summed E-state index contributed by atoms with van der Waals surface area (Å²) < 4.78 is 1.37. The highest BCUT2D eigenvalue weighted by Gasteiger charge is 2.12. The summed E-state index contributed by atoms with van der Waals surface area (Å²) in [5.74, 6) is -0.202. The smallest absolute Gasteiger partial charge is 0.250 e. The average molecular weight is 277 g/mol. The van der Waals surface area contributed by atoms with Gasteiger partial charge in [0.15, 0.2) is 0 Å². The molecule has 19 heavy (non-hydrogen) atoms. The molecule has 2 rings (SSSR count). The fraction of sp³-hybridized carbons (Fsp3) is 0.308. The molecule has 0 fully saturated rings. The maximum atomic E-state index is 11.9. The van der Waals surface area contributed by atoms with Crippen LogP contribution in [0.3, 0.4) is 0 Å². The van der Waals surface area contributed by atoms with E-state index in [0.717, 1.165) is 10.7 Å². The first-order chi connectivity index (χ1) is 9.06. The Morgan fingerprint density at radius 2 is 2.32 bits per heavy atom. The zero-order valence-electron chi connectivity index (χ0n) is 10.8. The van der Waals surface area contributed by atoms with Crippen LogP contribution in [0.2, 0.25) is 0 Å². The summed E-state index contributed by atoms with van der Waals surface area (Å²) in [5, 5.41) is 5.72. The summed E-state index contributed by atoms with van der Waals surface area (Å²) in [4.78, 5) is 27.7. The summed E-state index contributed by atoms with van der Waals surface area (Å²) >= 11 is 1.55. The van der Waals surface area contributed by atoms with Gasteiger partial charge in [-0.1, -0.05) is 6.07 Å². The maximum absolute atomic E-state index is 11.9. The summed E-state index contributed by atoms with van der Waals surface area (Å²) in [5.41, 5.74) is 0.658. The predicted octanol–water partition coefficient (Wildman–Crippen LogP) is 1.49. The number of nitrogens with zero attached hydrogens (tertiary/aromatic N) is 2. The molecule has 0 radical (unpaired) electrons. The molecule has 0 aromatic carbocycles. The van der Waals surface area contributed by atoms with Crippen LogP contribution >= 0.6 is 11.3 Å². The van der Waals surface area contributed by atoms with Crippen LogP contribution in [0, 0.1) is 6.92 Å². The van der Waals surface area contributed by atoms with Crippen molar-refractivity contribution < 1.29 is 4.79 Å². The quantitative estimate of drug-likeness (QED) is 0.921. The highest BCUT2D eigenvalue weighted by atomic mass is 32.1. The molecule has 1 atom stereocenters. The Labute approximate surface area is 114 Å². The largest absolute Gasteiger partial charge is 0.346 e. The molecule has 100 valence electrons. The zero-order chi connectivity index (χ0) is 13.8. The minimum Gasteiger partial charge on any atom is -0.346 e. The first kappa shape index (κ1) is 13.5. The molecular weight excluding hydrogens is 262 g/mol. The molecule has 0 aliphatic rings. The third kappa shape index (κ3) is 3.51. The van der Waals surface area contributed by atoms with E-state index in [2.05, 4.69) is 10.3 Å². The van der Waals surface area contributed by atoms with Gasteiger partial charge in [-0.25, -0.2) is 4.98 Å². The lowest BCUT2D eigenvalue weighted by molar-refractivity contribution is -0.122. The number of carbonyl (C=O) groups excluding carboxylic acids is 1. The number of carbonyl (C=O) groups is 1. The zero-order valence-corrected chi connectivity index (χ0v) is 11.6. The van der Waals surface area contributed by atoms with Crippen molar-refractivity contribution in [3.63, 3.8) is 0 Å². The van der Waals surface area contributed by atoms with E-state index in [1.807, 2.05) is 19.2 Å². The van der Waals surface area contributed by atoms with Gasteiger partial charge < -0.3 is 9.88 Å². The summed E-state index contributed by atoms with van der Waals surface area (Å²) in [6.45, 7) is 3.82. The number of thiazole rings is 1. The topological polar surface area (TPSA) is 64.0 Å². The summed E-state index contributed by atoms with van der Waals surface area (Å²) in [6.07, 6.45) is 1.60. The Kier molecular flexibility index (Phi) is 4.11. The van der Waals surface area contributed by atoms with E-state index in [1.54, 1.807) is 29.7 Å². The molecule has 0 aliphatic carbocycles. The van der Waals surface area contributed by atoms with Crippen LogP contribution in [0.4, 0.5) is 0 Å². The number of rotatable bonds is 4. The Hall–Kier alpha value is -1.95. The molecule has 0 saturated heterocycles. The van der Waals surface area contributed by atoms with Crippen LogP contribution < -0.4 is 10.9 Å². The van der Waals surface area contributed by atoms with Gasteiger partial charge in [0.2, 0.25) is 5.91 Å². The van der Waals surface area contributed by atoms with Crippen LogP contribution in [0.5, 0.6) is 0 Å². The van der Waals surface area contributed by atoms with E-state index < -0.39 is 0 Å². The van der Waals surface area contributed by atoms with Crippen molar-refractivity contribution in [3.05, 3.63) is 50.8 Å². The molecule has 2 aromatic rings. The molecule has 6 heteroatoms. The van der Waals surface area contributed by atoms with Crippen LogP contribution in [0.1, 0.15) is 23.7 Å². The van der Waals surface area contributed by atoms with Crippen molar-refractivity contribution in [1.29, 1.82) is 0 Å². The standard InChI is InChI=1S/C13H15N3O2S/c1-9(11-8-19-10(2)15-11)14-12(17)7-16-6-4-3-5-13(16)18/h3-6,8-9H,7H2,1-2H3,(H,14,17)/t9-/m0/s1. The van der Waals surface area contributed by atoms with Crippen LogP contribution in [-0.2, 0) is 11.3 Å². The number of amides is 1. The molecular formula is C13H15N3O2S. The molecule has 1 amide bonds. The second-order valence-electron chi connectivity index (χ2n) is 4.25. The number of nitrogens with one attached hydrogen (secondary N) is 1. The normalized spacial score (nSPS) is 12.1. The highest BCUT2D eigenvalue weighted by Crippen LogP contribution is 2.15. The molecule has 0 saturated carbocycles. The van der Waals surface area contributed by atoms with Crippen molar-refractivity contribution in [2.24, 2.45) is 0 Å². The van der Waals surface area contributed by atoms with Crippen molar-refractivity contribution in [2.45, 2.75) is 26.4 Å². The van der Waals surface area contributed by atoms with E-state index in [9.17, 15) is 9.59 Å².